The van der Waals surface area contributed by atoms with Gasteiger partial charge >= 0.3 is 0 Å². The second-order valence-corrected chi connectivity index (χ2v) is 10.8. The van der Waals surface area contributed by atoms with E-state index in [9.17, 15) is 8.42 Å². The molecule has 0 radical (unpaired) electrons. The monoisotopic (exact) mass is 342 g/mol. The zero-order chi connectivity index (χ0) is 16.7. The Bertz CT molecular complexity index is 521. The van der Waals surface area contributed by atoms with Crippen LogP contribution >= 0.6 is 0 Å². The second-order valence-electron chi connectivity index (χ2n) is 8.74. The van der Waals surface area contributed by atoms with Crippen LogP contribution < -0.4 is 5.73 Å². The minimum Gasteiger partial charge on any atom is -0.325 e. The van der Waals surface area contributed by atoms with Gasteiger partial charge in [0.25, 0.3) is 0 Å². The highest BCUT2D eigenvalue weighted by Crippen LogP contribution is 2.50. The van der Waals surface area contributed by atoms with Crippen molar-refractivity contribution in [3.05, 3.63) is 0 Å². The van der Waals surface area contributed by atoms with E-state index in [1.165, 1.54) is 51.2 Å². The van der Waals surface area contributed by atoms with E-state index in [0.29, 0.717) is 5.92 Å². The molecule has 5 unspecified atom stereocenters. The van der Waals surface area contributed by atoms with E-state index in [2.05, 4.69) is 0 Å². The number of hydrogen-bond acceptors (Lipinski definition) is 3. The summed E-state index contributed by atoms with van der Waals surface area (Å²) in [5.41, 5.74) is 6.80. The van der Waals surface area contributed by atoms with E-state index in [1.807, 2.05) is 0 Å². The normalized spacial score (nSPS) is 42.4. The first kappa shape index (κ1) is 17.7. The highest BCUT2D eigenvalue weighted by Gasteiger charge is 2.44. The van der Waals surface area contributed by atoms with Crippen molar-refractivity contribution in [1.29, 1.82) is 0 Å². The lowest BCUT2D eigenvalue weighted by Crippen LogP contribution is -2.46. The number of rotatable bonds is 2. The largest absolute Gasteiger partial charge is 0.325 e. The van der Waals surface area contributed by atoms with Crippen molar-refractivity contribution in [1.82, 2.24) is 4.31 Å². The Balaban J connectivity index is 1.73. The maximum atomic E-state index is 12.0. The van der Waals surface area contributed by atoms with Crippen LogP contribution in [0.2, 0.25) is 0 Å². The van der Waals surface area contributed by atoms with E-state index in [1.54, 1.807) is 11.4 Å². The fraction of sp³-hybridized carbons (Fsp3) is 1.00. The van der Waals surface area contributed by atoms with Crippen molar-refractivity contribution < 1.29 is 8.42 Å². The van der Waals surface area contributed by atoms with E-state index in [0.717, 1.165) is 37.5 Å². The lowest BCUT2D eigenvalue weighted by Gasteiger charge is -2.41. The van der Waals surface area contributed by atoms with Crippen molar-refractivity contribution in [3.8, 4) is 0 Å². The Labute approximate surface area is 142 Å². The Morgan fingerprint density at radius 1 is 1.00 bits per heavy atom. The fourth-order valence-corrected chi connectivity index (χ4v) is 5.97. The van der Waals surface area contributed by atoms with Crippen molar-refractivity contribution in [2.45, 2.75) is 82.2 Å². The minimum absolute atomic E-state index is 0.0236. The van der Waals surface area contributed by atoms with Gasteiger partial charge in [0.2, 0.25) is 10.0 Å². The van der Waals surface area contributed by atoms with E-state index in [4.69, 9.17) is 5.73 Å². The molecule has 3 aliphatic rings. The maximum Gasteiger partial charge on any atom is 0.211 e. The molecule has 2 N–H and O–H groups in total. The molecule has 0 aromatic rings. The highest BCUT2D eigenvalue weighted by molar-refractivity contribution is 7.88. The first-order valence-corrected chi connectivity index (χ1v) is 11.3. The molecule has 0 spiro atoms. The molecule has 0 aliphatic heterocycles. The summed E-state index contributed by atoms with van der Waals surface area (Å²) in [6.07, 6.45) is 14.4. The Morgan fingerprint density at radius 3 is 2.48 bits per heavy atom. The summed E-state index contributed by atoms with van der Waals surface area (Å²) in [5, 5.41) is 0. The van der Waals surface area contributed by atoms with Crippen LogP contribution in [-0.4, -0.2) is 37.6 Å². The predicted octanol–water partition coefficient (Wildman–Crippen LogP) is 3.12. The van der Waals surface area contributed by atoms with Crippen LogP contribution in [0.3, 0.4) is 0 Å². The molecule has 5 heteroatoms. The van der Waals surface area contributed by atoms with Gasteiger partial charge in [0, 0.05) is 18.6 Å². The zero-order valence-corrected chi connectivity index (χ0v) is 15.7. The van der Waals surface area contributed by atoms with E-state index in [-0.39, 0.29) is 11.6 Å². The Hall–Kier alpha value is -0.130. The molecule has 3 aliphatic carbocycles. The smallest absolute Gasteiger partial charge is 0.211 e. The standard InChI is InChI=1S/C18H34N2O2S/c1-20(23(2,21)22)17-8-4-3-7-15-11-16(15)13-18(19)9-5-6-14(10-17)12-18/h14-17H,3-13,19H2,1-2H3. The Morgan fingerprint density at radius 2 is 1.74 bits per heavy atom. The topological polar surface area (TPSA) is 63.4 Å². The lowest BCUT2D eigenvalue weighted by molar-refractivity contribution is 0.165. The van der Waals surface area contributed by atoms with Crippen LogP contribution in [0.5, 0.6) is 0 Å². The molecule has 23 heavy (non-hydrogen) atoms. The fourth-order valence-electron chi connectivity index (χ4n) is 5.23. The molecular weight excluding hydrogens is 308 g/mol. The van der Waals surface area contributed by atoms with Gasteiger partial charge in [-0.15, -0.1) is 0 Å². The van der Waals surface area contributed by atoms with Gasteiger partial charge in [0.05, 0.1) is 6.26 Å². The average molecular weight is 343 g/mol. The lowest BCUT2D eigenvalue weighted by atomic mass is 9.71. The van der Waals surface area contributed by atoms with Gasteiger partial charge in [-0.05, 0) is 56.3 Å². The van der Waals surface area contributed by atoms with Crippen LogP contribution in [0.1, 0.15) is 70.6 Å². The van der Waals surface area contributed by atoms with Crippen molar-refractivity contribution in [2.24, 2.45) is 23.5 Å². The van der Waals surface area contributed by atoms with Crippen molar-refractivity contribution in [2.75, 3.05) is 13.3 Å². The number of nitrogens with zero attached hydrogens (tertiary/aromatic N) is 1. The number of nitrogens with two attached hydrogens (primary N) is 1. The quantitative estimate of drug-likeness (QED) is 0.838. The molecule has 0 aromatic heterocycles. The maximum absolute atomic E-state index is 12.0. The molecule has 3 fully saturated rings. The van der Waals surface area contributed by atoms with Crippen molar-refractivity contribution >= 4 is 10.0 Å². The minimum atomic E-state index is -3.11. The first-order valence-electron chi connectivity index (χ1n) is 9.49. The van der Waals surface area contributed by atoms with Gasteiger partial charge in [-0.25, -0.2) is 12.7 Å². The summed E-state index contributed by atoms with van der Waals surface area (Å²) < 4.78 is 25.6. The zero-order valence-electron chi connectivity index (χ0n) is 14.8. The average Bonchev–Trinajstić information content (AvgIpc) is 3.16. The summed E-state index contributed by atoms with van der Waals surface area (Å²) in [5.74, 6) is 2.38. The Kier molecular flexibility index (Phi) is 5.11. The highest BCUT2D eigenvalue weighted by atomic mass is 32.2. The number of sulfonamides is 1. The molecule has 0 aromatic carbocycles. The van der Waals surface area contributed by atoms with E-state index < -0.39 is 10.0 Å². The second kappa shape index (κ2) is 6.64. The molecule has 0 amide bonds. The molecule has 2 bridgehead atoms. The SMILES string of the molecule is CN(C1CCCCC2CC2CC2(N)CCCC(C1)C2)S(C)(=O)=O. The third-order valence-electron chi connectivity index (χ3n) is 6.73. The van der Waals surface area contributed by atoms with Crippen molar-refractivity contribution in [3.63, 3.8) is 0 Å². The molecule has 4 nitrogen and oxygen atoms in total. The van der Waals surface area contributed by atoms with Crippen LogP contribution in [0, 0.1) is 17.8 Å². The van der Waals surface area contributed by atoms with Crippen LogP contribution in [-0.2, 0) is 10.0 Å². The summed E-state index contributed by atoms with van der Waals surface area (Å²) >= 11 is 0. The first-order chi connectivity index (χ1) is 10.8. The van der Waals surface area contributed by atoms with Gasteiger partial charge in [-0.3, -0.25) is 0 Å². The molecule has 3 rings (SSSR count). The van der Waals surface area contributed by atoms with Crippen LogP contribution in [0.25, 0.3) is 0 Å². The summed E-state index contributed by atoms with van der Waals surface area (Å²) in [6.45, 7) is 0. The number of fused-ring (bicyclic) bond motifs is 3. The van der Waals surface area contributed by atoms with Gasteiger partial charge in [0.1, 0.15) is 0 Å². The van der Waals surface area contributed by atoms with Gasteiger partial charge < -0.3 is 5.73 Å². The van der Waals surface area contributed by atoms with Gasteiger partial charge in [-0.1, -0.05) is 32.1 Å². The summed E-state index contributed by atoms with van der Waals surface area (Å²) in [4.78, 5) is 0. The molecule has 5 atom stereocenters. The molecule has 3 saturated carbocycles. The third-order valence-corrected chi connectivity index (χ3v) is 8.07. The molecule has 0 heterocycles. The number of hydrogen-bond donors (Lipinski definition) is 1. The van der Waals surface area contributed by atoms with Gasteiger partial charge in [-0.2, -0.15) is 0 Å². The molecule has 134 valence electrons. The third kappa shape index (κ3) is 4.49. The summed E-state index contributed by atoms with van der Waals surface area (Å²) in [7, 11) is -1.35. The summed E-state index contributed by atoms with van der Waals surface area (Å²) in [6, 6.07) is 0.159. The molecular formula is C18H34N2O2S. The van der Waals surface area contributed by atoms with Crippen LogP contribution in [0.15, 0.2) is 0 Å². The van der Waals surface area contributed by atoms with Gasteiger partial charge in [0.15, 0.2) is 0 Å². The van der Waals surface area contributed by atoms with E-state index >= 15 is 0 Å². The molecule has 0 saturated heterocycles. The predicted molar refractivity (Wildman–Crippen MR) is 94.6 cm³/mol. The van der Waals surface area contributed by atoms with Crippen LogP contribution in [0.4, 0.5) is 0 Å².